The van der Waals surface area contributed by atoms with E-state index < -0.39 is 12.0 Å². The molecule has 15 heavy (non-hydrogen) atoms. The van der Waals surface area contributed by atoms with Crippen LogP contribution < -0.4 is 5.73 Å². The van der Waals surface area contributed by atoms with Crippen LogP contribution in [-0.2, 0) is 9.53 Å². The minimum Gasteiger partial charge on any atom is -0.465 e. The molecule has 0 aliphatic rings. The van der Waals surface area contributed by atoms with Gasteiger partial charge in [0.25, 0.3) is 0 Å². The van der Waals surface area contributed by atoms with E-state index in [1.807, 2.05) is 6.26 Å². The first-order chi connectivity index (χ1) is 7.19. The molecule has 1 heterocycles. The predicted octanol–water partition coefficient (Wildman–Crippen LogP) is 0.761. The maximum absolute atomic E-state index is 11.3. The lowest BCUT2D eigenvalue weighted by Crippen LogP contribution is -2.24. The molecule has 0 radical (unpaired) electrons. The van der Waals surface area contributed by atoms with E-state index in [4.69, 9.17) is 10.5 Å². The molecule has 0 aromatic carbocycles. The zero-order chi connectivity index (χ0) is 11.3. The van der Waals surface area contributed by atoms with E-state index in [0.717, 1.165) is 0 Å². The Hall–Kier alpha value is -1.14. The molecule has 1 aromatic rings. The van der Waals surface area contributed by atoms with Crippen LogP contribution in [0.1, 0.15) is 18.7 Å². The Morgan fingerprint density at radius 3 is 3.07 bits per heavy atom. The number of rotatable bonds is 4. The van der Waals surface area contributed by atoms with Crippen LogP contribution in [0.5, 0.6) is 0 Å². The van der Waals surface area contributed by atoms with Gasteiger partial charge in [0, 0.05) is 6.20 Å². The lowest BCUT2D eigenvalue weighted by atomic mass is 10.2. The van der Waals surface area contributed by atoms with E-state index >= 15 is 0 Å². The van der Waals surface area contributed by atoms with Crippen LogP contribution in [0.15, 0.2) is 17.4 Å². The average molecular weight is 227 g/mol. The van der Waals surface area contributed by atoms with Gasteiger partial charge in [-0.25, -0.2) is 14.8 Å². The van der Waals surface area contributed by atoms with Crippen molar-refractivity contribution in [2.75, 3.05) is 12.9 Å². The van der Waals surface area contributed by atoms with Gasteiger partial charge in [-0.3, -0.25) is 0 Å². The number of hydrogen-bond donors (Lipinski definition) is 1. The molecule has 1 rings (SSSR count). The molecular formula is C9H13N3O2S. The van der Waals surface area contributed by atoms with E-state index in [1.54, 1.807) is 19.2 Å². The molecule has 0 amide bonds. The molecule has 0 spiro atoms. The maximum atomic E-state index is 11.3. The fourth-order valence-corrected chi connectivity index (χ4v) is 1.34. The molecule has 2 N–H and O–H groups in total. The fraction of sp³-hybridized carbons (Fsp3) is 0.444. The standard InChI is InChI=1S/C9H13N3O2S/c1-3-14-8(13)7(10)6-4-5-11-9(12-6)15-2/h4-5,7H,3,10H2,1-2H3. The first-order valence-electron chi connectivity index (χ1n) is 4.48. The number of nitrogens with two attached hydrogens (primary N) is 1. The number of esters is 1. The largest absolute Gasteiger partial charge is 0.465 e. The van der Waals surface area contributed by atoms with E-state index in [1.165, 1.54) is 11.8 Å². The Morgan fingerprint density at radius 2 is 2.47 bits per heavy atom. The molecular weight excluding hydrogens is 214 g/mol. The third-order valence-electron chi connectivity index (χ3n) is 1.70. The van der Waals surface area contributed by atoms with Crippen molar-refractivity contribution in [1.82, 2.24) is 9.97 Å². The molecule has 6 heteroatoms. The van der Waals surface area contributed by atoms with Crippen LogP contribution in [-0.4, -0.2) is 28.8 Å². The van der Waals surface area contributed by atoms with Gasteiger partial charge in [-0.2, -0.15) is 0 Å². The Kier molecular flexibility index (Phi) is 4.51. The van der Waals surface area contributed by atoms with Crippen molar-refractivity contribution in [2.24, 2.45) is 5.73 Å². The number of hydrogen-bond acceptors (Lipinski definition) is 6. The fourth-order valence-electron chi connectivity index (χ4n) is 0.978. The van der Waals surface area contributed by atoms with Gasteiger partial charge in [-0.05, 0) is 19.2 Å². The topological polar surface area (TPSA) is 78.1 Å². The molecule has 1 atom stereocenters. The zero-order valence-electron chi connectivity index (χ0n) is 8.64. The normalized spacial score (nSPS) is 12.2. The van der Waals surface area contributed by atoms with Crippen LogP contribution in [0.2, 0.25) is 0 Å². The first kappa shape index (κ1) is 11.9. The Labute approximate surface area is 92.4 Å². The highest BCUT2D eigenvalue weighted by molar-refractivity contribution is 7.98. The third kappa shape index (κ3) is 3.17. The number of nitrogens with zero attached hydrogens (tertiary/aromatic N) is 2. The van der Waals surface area contributed by atoms with Crippen molar-refractivity contribution in [1.29, 1.82) is 0 Å². The van der Waals surface area contributed by atoms with Crippen molar-refractivity contribution in [3.63, 3.8) is 0 Å². The van der Waals surface area contributed by atoms with Crippen LogP contribution in [0.25, 0.3) is 0 Å². The summed E-state index contributed by atoms with van der Waals surface area (Å²) < 4.78 is 4.80. The molecule has 0 bridgehead atoms. The maximum Gasteiger partial charge on any atom is 0.329 e. The third-order valence-corrected chi connectivity index (χ3v) is 2.26. The van der Waals surface area contributed by atoms with E-state index in [-0.39, 0.29) is 0 Å². The Balaban J connectivity index is 2.81. The molecule has 5 nitrogen and oxygen atoms in total. The molecule has 0 saturated heterocycles. The average Bonchev–Trinajstić information content (AvgIpc) is 2.28. The molecule has 1 unspecified atom stereocenters. The van der Waals surface area contributed by atoms with Gasteiger partial charge >= 0.3 is 5.97 Å². The van der Waals surface area contributed by atoms with Crippen LogP contribution in [0.3, 0.4) is 0 Å². The summed E-state index contributed by atoms with van der Waals surface area (Å²) >= 11 is 1.40. The van der Waals surface area contributed by atoms with E-state index in [2.05, 4.69) is 9.97 Å². The second-order valence-electron chi connectivity index (χ2n) is 2.70. The minimum atomic E-state index is -0.834. The monoisotopic (exact) mass is 227 g/mol. The Bertz CT molecular complexity index is 346. The smallest absolute Gasteiger partial charge is 0.329 e. The van der Waals surface area contributed by atoms with E-state index in [0.29, 0.717) is 17.5 Å². The van der Waals surface area contributed by atoms with Crippen LogP contribution in [0.4, 0.5) is 0 Å². The predicted molar refractivity (Wildman–Crippen MR) is 57.4 cm³/mol. The zero-order valence-corrected chi connectivity index (χ0v) is 9.45. The Morgan fingerprint density at radius 1 is 1.73 bits per heavy atom. The summed E-state index contributed by atoms with van der Waals surface area (Å²) in [5.41, 5.74) is 6.15. The van der Waals surface area contributed by atoms with Gasteiger partial charge in [0.2, 0.25) is 0 Å². The lowest BCUT2D eigenvalue weighted by molar-refractivity contribution is -0.144. The quantitative estimate of drug-likeness (QED) is 0.465. The van der Waals surface area contributed by atoms with Crippen molar-refractivity contribution in [3.8, 4) is 0 Å². The highest BCUT2D eigenvalue weighted by Crippen LogP contribution is 2.13. The molecule has 0 aliphatic carbocycles. The van der Waals surface area contributed by atoms with Crippen molar-refractivity contribution in [2.45, 2.75) is 18.1 Å². The number of ether oxygens (including phenoxy) is 1. The summed E-state index contributed by atoms with van der Waals surface area (Å²) in [6, 6.07) is 0.778. The van der Waals surface area contributed by atoms with Gasteiger partial charge in [-0.1, -0.05) is 11.8 Å². The highest BCUT2D eigenvalue weighted by atomic mass is 32.2. The number of carbonyl (C=O) groups excluding carboxylic acids is 1. The molecule has 1 aromatic heterocycles. The molecule has 0 aliphatic heterocycles. The van der Waals surface area contributed by atoms with Crippen molar-refractivity contribution in [3.05, 3.63) is 18.0 Å². The molecule has 82 valence electrons. The van der Waals surface area contributed by atoms with Crippen LogP contribution >= 0.6 is 11.8 Å². The van der Waals surface area contributed by atoms with Crippen molar-refractivity contribution < 1.29 is 9.53 Å². The van der Waals surface area contributed by atoms with Crippen LogP contribution in [0, 0.1) is 0 Å². The molecule has 0 fully saturated rings. The van der Waals surface area contributed by atoms with Gasteiger partial charge in [0.15, 0.2) is 5.16 Å². The summed E-state index contributed by atoms with van der Waals surface area (Å²) in [4.78, 5) is 19.4. The molecule has 0 saturated carbocycles. The second kappa shape index (κ2) is 5.67. The van der Waals surface area contributed by atoms with Gasteiger partial charge in [0.05, 0.1) is 12.3 Å². The van der Waals surface area contributed by atoms with Crippen molar-refractivity contribution >= 4 is 17.7 Å². The second-order valence-corrected chi connectivity index (χ2v) is 3.47. The SMILES string of the molecule is CCOC(=O)C(N)c1ccnc(SC)n1. The lowest BCUT2D eigenvalue weighted by Gasteiger charge is -2.09. The summed E-state index contributed by atoms with van der Waals surface area (Å²) in [6.07, 6.45) is 3.43. The minimum absolute atomic E-state index is 0.313. The summed E-state index contributed by atoms with van der Waals surface area (Å²) in [7, 11) is 0. The summed E-state index contributed by atoms with van der Waals surface area (Å²) in [5, 5.41) is 0.590. The van der Waals surface area contributed by atoms with Gasteiger partial charge < -0.3 is 10.5 Å². The number of thioether (sulfide) groups is 1. The van der Waals surface area contributed by atoms with E-state index in [9.17, 15) is 4.79 Å². The van der Waals surface area contributed by atoms with Gasteiger partial charge in [-0.15, -0.1) is 0 Å². The highest BCUT2D eigenvalue weighted by Gasteiger charge is 2.18. The number of carbonyl (C=O) groups is 1. The summed E-state index contributed by atoms with van der Waals surface area (Å²) in [5.74, 6) is -0.469. The van der Waals surface area contributed by atoms with Gasteiger partial charge in [0.1, 0.15) is 6.04 Å². The summed E-state index contributed by atoms with van der Waals surface area (Å²) in [6.45, 7) is 2.05. The number of aromatic nitrogens is 2. The first-order valence-corrected chi connectivity index (χ1v) is 5.70.